The molecule has 1 fully saturated rings. The Morgan fingerprint density at radius 1 is 1.25 bits per heavy atom. The molecule has 0 aromatic heterocycles. The van der Waals surface area contributed by atoms with Gasteiger partial charge in [0.05, 0.1) is 5.84 Å². The fraction of sp³-hybridized carbons (Fsp3) is 0.833. The van der Waals surface area contributed by atoms with Crippen LogP contribution in [0.5, 0.6) is 0 Å². The number of carbonyl (C=O) groups is 1. The summed E-state index contributed by atoms with van der Waals surface area (Å²) in [6, 6.07) is 0.507. The van der Waals surface area contributed by atoms with Gasteiger partial charge in [0.25, 0.3) is 0 Å². The maximum atomic E-state index is 11.0. The average Bonchev–Trinajstić information content (AvgIpc) is 2.31. The summed E-state index contributed by atoms with van der Waals surface area (Å²) in [7, 11) is 0. The Balaban J connectivity index is 1.76. The van der Waals surface area contributed by atoms with Gasteiger partial charge in [-0.05, 0) is 38.5 Å². The van der Waals surface area contributed by atoms with Crippen molar-refractivity contribution in [3.63, 3.8) is 0 Å². The molecule has 0 saturated heterocycles. The number of amides is 1. The standard InChI is InChI=1S/C12H21N3O/c13-12(16)9-4-6-10(7-5-9)15-11-3-1-2-8-14-11/h9-10H,1-8H2,(H2,13,16)(H,14,15). The van der Waals surface area contributed by atoms with Gasteiger partial charge in [-0.2, -0.15) is 0 Å². The Hall–Kier alpha value is -1.06. The molecule has 0 unspecified atom stereocenters. The number of hydrogen-bond acceptors (Lipinski definition) is 3. The van der Waals surface area contributed by atoms with Crippen LogP contribution in [0.15, 0.2) is 4.99 Å². The summed E-state index contributed by atoms with van der Waals surface area (Å²) in [6.07, 6.45) is 7.53. The topological polar surface area (TPSA) is 67.5 Å². The first-order valence-corrected chi connectivity index (χ1v) is 6.35. The van der Waals surface area contributed by atoms with Crippen molar-refractivity contribution in [2.24, 2.45) is 16.6 Å². The highest BCUT2D eigenvalue weighted by molar-refractivity contribution is 5.83. The van der Waals surface area contributed by atoms with Gasteiger partial charge in [-0.25, -0.2) is 0 Å². The molecule has 0 radical (unpaired) electrons. The lowest BCUT2D eigenvalue weighted by Crippen LogP contribution is -2.40. The van der Waals surface area contributed by atoms with Crippen molar-refractivity contribution < 1.29 is 4.79 Å². The second kappa shape index (κ2) is 5.32. The van der Waals surface area contributed by atoms with Crippen LogP contribution in [0.1, 0.15) is 44.9 Å². The third-order valence-electron chi connectivity index (χ3n) is 3.62. The molecule has 2 aliphatic rings. The summed E-state index contributed by atoms with van der Waals surface area (Å²) in [5.74, 6) is 1.15. The van der Waals surface area contributed by atoms with Crippen molar-refractivity contribution in [1.82, 2.24) is 5.32 Å². The molecule has 4 heteroatoms. The summed E-state index contributed by atoms with van der Waals surface area (Å²) >= 11 is 0. The van der Waals surface area contributed by atoms with Crippen LogP contribution in [0, 0.1) is 5.92 Å². The van der Waals surface area contributed by atoms with Gasteiger partial charge >= 0.3 is 0 Å². The molecule has 4 nitrogen and oxygen atoms in total. The van der Waals surface area contributed by atoms with Crippen molar-refractivity contribution in [2.75, 3.05) is 6.54 Å². The molecule has 0 spiro atoms. The highest BCUT2D eigenvalue weighted by Gasteiger charge is 2.25. The number of nitrogens with zero attached hydrogens (tertiary/aromatic N) is 1. The molecule has 2 rings (SSSR count). The van der Waals surface area contributed by atoms with Gasteiger partial charge in [-0.1, -0.05) is 0 Å². The van der Waals surface area contributed by atoms with Gasteiger partial charge in [-0.3, -0.25) is 9.79 Å². The second-order valence-electron chi connectivity index (χ2n) is 4.88. The summed E-state index contributed by atoms with van der Waals surface area (Å²) in [6.45, 7) is 0.971. The SMILES string of the molecule is NC(=O)C1CCC(NC2=NCCCC2)CC1. The van der Waals surface area contributed by atoms with Crippen LogP contribution in [0.3, 0.4) is 0 Å². The van der Waals surface area contributed by atoms with Crippen LogP contribution in [0.4, 0.5) is 0 Å². The monoisotopic (exact) mass is 223 g/mol. The summed E-state index contributed by atoms with van der Waals surface area (Å²) in [5.41, 5.74) is 5.31. The molecule has 0 aromatic carbocycles. The van der Waals surface area contributed by atoms with Gasteiger partial charge in [-0.15, -0.1) is 0 Å². The molecule has 16 heavy (non-hydrogen) atoms. The lowest BCUT2D eigenvalue weighted by atomic mass is 9.85. The largest absolute Gasteiger partial charge is 0.371 e. The fourth-order valence-corrected chi connectivity index (χ4v) is 2.57. The van der Waals surface area contributed by atoms with E-state index < -0.39 is 0 Å². The third kappa shape index (κ3) is 2.97. The van der Waals surface area contributed by atoms with Crippen LogP contribution in [-0.4, -0.2) is 24.3 Å². The van der Waals surface area contributed by atoms with Crippen LogP contribution in [0.25, 0.3) is 0 Å². The number of nitrogens with two attached hydrogens (primary N) is 1. The Morgan fingerprint density at radius 3 is 2.56 bits per heavy atom. The van der Waals surface area contributed by atoms with E-state index >= 15 is 0 Å². The molecule has 1 amide bonds. The molecule has 0 aromatic rings. The highest BCUT2D eigenvalue weighted by Crippen LogP contribution is 2.24. The Labute approximate surface area is 96.7 Å². The molecule has 90 valence electrons. The first-order chi connectivity index (χ1) is 7.75. The van der Waals surface area contributed by atoms with E-state index in [1.165, 1.54) is 18.7 Å². The van der Waals surface area contributed by atoms with E-state index in [1.54, 1.807) is 0 Å². The molecule has 0 bridgehead atoms. The van der Waals surface area contributed by atoms with E-state index in [0.29, 0.717) is 6.04 Å². The van der Waals surface area contributed by atoms with Crippen molar-refractivity contribution in [2.45, 2.75) is 51.0 Å². The molecular weight excluding hydrogens is 202 g/mol. The number of aliphatic imine (C=N–C) groups is 1. The van der Waals surface area contributed by atoms with E-state index in [-0.39, 0.29) is 11.8 Å². The van der Waals surface area contributed by atoms with E-state index in [2.05, 4.69) is 10.3 Å². The Kier molecular flexibility index (Phi) is 3.80. The lowest BCUT2D eigenvalue weighted by Gasteiger charge is -2.29. The van der Waals surface area contributed by atoms with E-state index in [9.17, 15) is 4.79 Å². The number of rotatable bonds is 2. The minimum atomic E-state index is -0.131. The first kappa shape index (κ1) is 11.4. The van der Waals surface area contributed by atoms with E-state index in [1.807, 2.05) is 0 Å². The van der Waals surface area contributed by atoms with E-state index in [4.69, 9.17) is 5.73 Å². The smallest absolute Gasteiger partial charge is 0.220 e. The zero-order valence-electron chi connectivity index (χ0n) is 9.74. The van der Waals surface area contributed by atoms with Crippen molar-refractivity contribution in [1.29, 1.82) is 0 Å². The van der Waals surface area contributed by atoms with Crippen molar-refractivity contribution >= 4 is 11.7 Å². The number of carbonyl (C=O) groups excluding carboxylic acids is 1. The minimum absolute atomic E-state index is 0.103. The molecule has 1 aliphatic carbocycles. The Bertz CT molecular complexity index is 280. The van der Waals surface area contributed by atoms with Crippen LogP contribution in [-0.2, 0) is 4.79 Å². The van der Waals surface area contributed by atoms with Crippen LogP contribution in [0.2, 0.25) is 0 Å². The maximum Gasteiger partial charge on any atom is 0.220 e. The molecular formula is C12H21N3O. The first-order valence-electron chi connectivity index (χ1n) is 6.35. The molecule has 1 aliphatic heterocycles. The maximum absolute atomic E-state index is 11.0. The predicted molar refractivity (Wildman–Crippen MR) is 64.2 cm³/mol. The molecule has 1 heterocycles. The summed E-state index contributed by atoms with van der Waals surface area (Å²) in [4.78, 5) is 15.5. The molecule has 1 saturated carbocycles. The van der Waals surface area contributed by atoms with Gasteiger partial charge in [0.2, 0.25) is 5.91 Å². The predicted octanol–water partition coefficient (Wildman–Crippen LogP) is 1.20. The Morgan fingerprint density at radius 2 is 2.00 bits per heavy atom. The van der Waals surface area contributed by atoms with Gasteiger partial charge in [0, 0.05) is 24.9 Å². The summed E-state index contributed by atoms with van der Waals surface area (Å²) < 4.78 is 0. The molecule has 0 atom stereocenters. The minimum Gasteiger partial charge on any atom is -0.371 e. The highest BCUT2D eigenvalue weighted by atomic mass is 16.1. The second-order valence-corrected chi connectivity index (χ2v) is 4.88. The number of nitrogens with one attached hydrogen (secondary N) is 1. The van der Waals surface area contributed by atoms with Gasteiger partial charge in [0.15, 0.2) is 0 Å². The van der Waals surface area contributed by atoms with Gasteiger partial charge in [0.1, 0.15) is 0 Å². The lowest BCUT2D eigenvalue weighted by molar-refractivity contribution is -0.122. The van der Waals surface area contributed by atoms with Gasteiger partial charge < -0.3 is 11.1 Å². The third-order valence-corrected chi connectivity index (χ3v) is 3.62. The van der Waals surface area contributed by atoms with Crippen molar-refractivity contribution in [3.8, 4) is 0 Å². The number of hydrogen-bond donors (Lipinski definition) is 2. The van der Waals surface area contributed by atoms with Crippen LogP contribution >= 0.6 is 0 Å². The van der Waals surface area contributed by atoms with Crippen molar-refractivity contribution in [3.05, 3.63) is 0 Å². The zero-order chi connectivity index (χ0) is 11.4. The zero-order valence-corrected chi connectivity index (χ0v) is 9.74. The quantitative estimate of drug-likeness (QED) is 0.738. The molecule has 3 N–H and O–H groups in total. The van der Waals surface area contributed by atoms with Crippen LogP contribution < -0.4 is 11.1 Å². The normalized spacial score (nSPS) is 30.6. The average molecular weight is 223 g/mol. The summed E-state index contributed by atoms with van der Waals surface area (Å²) in [5, 5.41) is 3.52. The number of primary amides is 1. The fourth-order valence-electron chi connectivity index (χ4n) is 2.57. The van der Waals surface area contributed by atoms with E-state index in [0.717, 1.165) is 38.6 Å². The number of amidine groups is 1.